The second-order valence-electron chi connectivity index (χ2n) is 5.78. The number of hydrogen-bond acceptors (Lipinski definition) is 4. The summed E-state index contributed by atoms with van der Waals surface area (Å²) in [5.74, 6) is 0.690. The molecule has 0 aliphatic rings. The highest BCUT2D eigenvalue weighted by molar-refractivity contribution is 5.73. The molecule has 0 aliphatic heterocycles. The Morgan fingerprint density at radius 3 is 2.68 bits per heavy atom. The van der Waals surface area contributed by atoms with Gasteiger partial charge in [-0.1, -0.05) is 19.9 Å². The Morgan fingerprint density at radius 2 is 1.92 bits per heavy atom. The standard InChI is InChI=1S/C17H23N7O/c1-4-13-12(14(5-2)23(3)22-13)10-18-17(25)19-11-16-21-20-15-8-6-7-9-24(15)16/h6-9H,4-5,10-11H2,1-3H3,(H2,18,19,25). The first-order chi connectivity index (χ1) is 12.1. The molecule has 8 nitrogen and oxygen atoms in total. The fourth-order valence-electron chi connectivity index (χ4n) is 3.00. The van der Waals surface area contributed by atoms with Crippen molar-refractivity contribution in [3.63, 3.8) is 0 Å². The van der Waals surface area contributed by atoms with Gasteiger partial charge in [-0.2, -0.15) is 5.10 Å². The second-order valence-corrected chi connectivity index (χ2v) is 5.78. The van der Waals surface area contributed by atoms with Crippen molar-refractivity contribution in [1.29, 1.82) is 0 Å². The van der Waals surface area contributed by atoms with Crippen molar-refractivity contribution in [3.8, 4) is 0 Å². The number of amides is 2. The number of carbonyl (C=O) groups is 1. The van der Waals surface area contributed by atoms with E-state index >= 15 is 0 Å². The van der Waals surface area contributed by atoms with E-state index in [1.54, 1.807) is 0 Å². The van der Waals surface area contributed by atoms with Crippen LogP contribution in [0.1, 0.15) is 36.6 Å². The first-order valence-corrected chi connectivity index (χ1v) is 8.48. The van der Waals surface area contributed by atoms with Gasteiger partial charge >= 0.3 is 6.03 Å². The lowest BCUT2D eigenvalue weighted by Gasteiger charge is -2.09. The molecule has 3 heterocycles. The third-order valence-corrected chi connectivity index (χ3v) is 4.24. The van der Waals surface area contributed by atoms with Crippen molar-refractivity contribution in [2.45, 2.75) is 39.8 Å². The topological polar surface area (TPSA) is 89.1 Å². The zero-order valence-electron chi connectivity index (χ0n) is 14.8. The maximum absolute atomic E-state index is 12.1. The van der Waals surface area contributed by atoms with Gasteiger partial charge in [0, 0.05) is 31.0 Å². The van der Waals surface area contributed by atoms with Crippen LogP contribution in [0.4, 0.5) is 4.79 Å². The molecule has 0 saturated carbocycles. The molecular formula is C17H23N7O. The highest BCUT2D eigenvalue weighted by Crippen LogP contribution is 2.15. The Balaban J connectivity index is 1.60. The van der Waals surface area contributed by atoms with Crippen LogP contribution in [-0.4, -0.2) is 30.4 Å². The number of nitrogens with one attached hydrogen (secondary N) is 2. The van der Waals surface area contributed by atoms with Crippen LogP contribution in [0, 0.1) is 0 Å². The molecule has 3 aromatic rings. The molecule has 8 heteroatoms. The highest BCUT2D eigenvalue weighted by atomic mass is 16.2. The molecular weight excluding hydrogens is 318 g/mol. The fourth-order valence-corrected chi connectivity index (χ4v) is 3.00. The van der Waals surface area contributed by atoms with Crippen molar-refractivity contribution in [1.82, 2.24) is 35.0 Å². The predicted octanol–water partition coefficient (Wildman–Crippen LogP) is 1.59. The maximum Gasteiger partial charge on any atom is 0.315 e. The summed E-state index contributed by atoms with van der Waals surface area (Å²) >= 11 is 0. The molecule has 3 aromatic heterocycles. The lowest BCUT2D eigenvalue weighted by Crippen LogP contribution is -2.35. The number of carbonyl (C=O) groups excluding carboxylic acids is 1. The summed E-state index contributed by atoms with van der Waals surface area (Å²) in [6, 6.07) is 5.44. The predicted molar refractivity (Wildman–Crippen MR) is 94.0 cm³/mol. The quantitative estimate of drug-likeness (QED) is 0.712. The third kappa shape index (κ3) is 3.47. The smallest absolute Gasteiger partial charge is 0.315 e. The first kappa shape index (κ1) is 16.9. The van der Waals surface area contributed by atoms with Crippen LogP contribution in [0.2, 0.25) is 0 Å². The number of pyridine rings is 1. The number of fused-ring (bicyclic) bond motifs is 1. The minimum atomic E-state index is -0.236. The Labute approximate surface area is 146 Å². The molecule has 0 spiro atoms. The van der Waals surface area contributed by atoms with Gasteiger partial charge in [-0.05, 0) is 25.0 Å². The second kappa shape index (κ2) is 7.33. The zero-order valence-corrected chi connectivity index (χ0v) is 14.8. The summed E-state index contributed by atoms with van der Waals surface area (Å²) in [6.45, 7) is 4.94. The van der Waals surface area contributed by atoms with Crippen LogP contribution < -0.4 is 10.6 Å². The number of aryl methyl sites for hydroxylation is 2. The van der Waals surface area contributed by atoms with Crippen molar-refractivity contribution >= 4 is 11.7 Å². The third-order valence-electron chi connectivity index (χ3n) is 4.24. The summed E-state index contributed by atoms with van der Waals surface area (Å²) in [5.41, 5.74) is 4.05. The van der Waals surface area contributed by atoms with E-state index in [1.165, 1.54) is 0 Å². The van der Waals surface area contributed by atoms with E-state index in [4.69, 9.17) is 0 Å². The Kier molecular flexibility index (Phi) is 4.97. The minimum Gasteiger partial charge on any atom is -0.334 e. The monoisotopic (exact) mass is 341 g/mol. The van der Waals surface area contributed by atoms with Gasteiger partial charge in [0.1, 0.15) is 0 Å². The van der Waals surface area contributed by atoms with Gasteiger partial charge in [-0.25, -0.2) is 4.79 Å². The molecule has 0 aliphatic carbocycles. The molecule has 2 amide bonds. The lowest BCUT2D eigenvalue weighted by atomic mass is 10.1. The number of nitrogens with zero attached hydrogens (tertiary/aromatic N) is 5. The van der Waals surface area contributed by atoms with Crippen LogP contribution in [0.25, 0.3) is 5.65 Å². The van der Waals surface area contributed by atoms with Gasteiger partial charge < -0.3 is 10.6 Å². The van der Waals surface area contributed by atoms with Crippen molar-refractivity contribution in [2.75, 3.05) is 0 Å². The van der Waals surface area contributed by atoms with Crippen LogP contribution >= 0.6 is 0 Å². The van der Waals surface area contributed by atoms with Crippen LogP contribution in [0.3, 0.4) is 0 Å². The van der Waals surface area contributed by atoms with Crippen LogP contribution in [0.15, 0.2) is 24.4 Å². The van der Waals surface area contributed by atoms with Crippen molar-refractivity contribution in [3.05, 3.63) is 47.2 Å². The van der Waals surface area contributed by atoms with E-state index in [0.29, 0.717) is 18.9 Å². The van der Waals surface area contributed by atoms with E-state index in [2.05, 4.69) is 39.8 Å². The molecule has 3 rings (SSSR count). The van der Waals surface area contributed by atoms with Gasteiger partial charge in [0.15, 0.2) is 11.5 Å². The molecule has 0 saturated heterocycles. The summed E-state index contributed by atoms with van der Waals surface area (Å²) in [5, 5.41) is 18.4. The van der Waals surface area contributed by atoms with Gasteiger partial charge in [0.05, 0.1) is 12.2 Å². The summed E-state index contributed by atoms with van der Waals surface area (Å²) in [4.78, 5) is 12.1. The van der Waals surface area contributed by atoms with Crippen LogP contribution in [-0.2, 0) is 33.0 Å². The Bertz CT molecular complexity index is 880. The average Bonchev–Trinajstić information content (AvgIpc) is 3.18. The van der Waals surface area contributed by atoms with Crippen LogP contribution in [0.5, 0.6) is 0 Å². The van der Waals surface area contributed by atoms with Gasteiger partial charge in [-0.15, -0.1) is 10.2 Å². The molecule has 0 aromatic carbocycles. The molecule has 0 bridgehead atoms. The van der Waals surface area contributed by atoms with Crippen molar-refractivity contribution in [2.24, 2.45) is 7.05 Å². The van der Waals surface area contributed by atoms with E-state index in [-0.39, 0.29) is 6.03 Å². The van der Waals surface area contributed by atoms with E-state index in [0.717, 1.165) is 35.4 Å². The number of rotatable bonds is 6. The molecule has 0 atom stereocenters. The molecule has 0 unspecified atom stereocenters. The Hall–Kier alpha value is -2.90. The van der Waals surface area contributed by atoms with E-state index in [1.807, 2.05) is 40.5 Å². The summed E-state index contributed by atoms with van der Waals surface area (Å²) in [7, 11) is 1.94. The summed E-state index contributed by atoms with van der Waals surface area (Å²) in [6.07, 6.45) is 3.60. The van der Waals surface area contributed by atoms with E-state index in [9.17, 15) is 4.79 Å². The Morgan fingerprint density at radius 1 is 1.12 bits per heavy atom. The SMILES string of the molecule is CCc1nn(C)c(CC)c1CNC(=O)NCc1nnc2ccccn12. The average molecular weight is 341 g/mol. The van der Waals surface area contributed by atoms with E-state index < -0.39 is 0 Å². The molecule has 2 N–H and O–H groups in total. The number of hydrogen-bond donors (Lipinski definition) is 2. The van der Waals surface area contributed by atoms with Crippen molar-refractivity contribution < 1.29 is 4.79 Å². The molecule has 25 heavy (non-hydrogen) atoms. The van der Waals surface area contributed by atoms with Gasteiger partial charge in [0.2, 0.25) is 0 Å². The maximum atomic E-state index is 12.1. The molecule has 0 radical (unpaired) electrons. The normalized spacial score (nSPS) is 11.0. The minimum absolute atomic E-state index is 0.236. The number of urea groups is 1. The first-order valence-electron chi connectivity index (χ1n) is 8.48. The highest BCUT2D eigenvalue weighted by Gasteiger charge is 2.14. The molecule has 0 fully saturated rings. The molecule has 132 valence electrons. The largest absolute Gasteiger partial charge is 0.334 e. The zero-order chi connectivity index (χ0) is 17.8. The fraction of sp³-hybridized carbons (Fsp3) is 0.412. The summed E-state index contributed by atoms with van der Waals surface area (Å²) < 4.78 is 3.75. The van der Waals surface area contributed by atoms with Gasteiger partial charge in [-0.3, -0.25) is 9.08 Å². The number of aromatic nitrogens is 5. The van der Waals surface area contributed by atoms with Gasteiger partial charge in [0.25, 0.3) is 0 Å². The lowest BCUT2D eigenvalue weighted by molar-refractivity contribution is 0.240.